The fourth-order valence-electron chi connectivity index (χ4n) is 2.59. The van der Waals surface area contributed by atoms with E-state index in [1.165, 1.54) is 12.1 Å². The Labute approximate surface area is 120 Å². The van der Waals surface area contributed by atoms with Gasteiger partial charge in [-0.05, 0) is 25.0 Å². The van der Waals surface area contributed by atoms with E-state index >= 15 is 0 Å². The first-order valence-electron chi connectivity index (χ1n) is 6.49. The predicted octanol–water partition coefficient (Wildman–Crippen LogP) is 3.31. The standard InChI is InChI=1S/C14H17BrFNO2/c15-7-8-17(10-3-1-2-4-10)14(19)12-6-5-11(18)9-13(12)16/h5-6,9-10,18H,1-4,7-8H2. The molecular weight excluding hydrogens is 313 g/mol. The van der Waals surface area contributed by atoms with Crippen molar-refractivity contribution < 1.29 is 14.3 Å². The van der Waals surface area contributed by atoms with Crippen molar-refractivity contribution in [3.8, 4) is 5.75 Å². The normalized spacial score (nSPS) is 15.7. The Kier molecular flexibility index (Phi) is 4.80. The maximum Gasteiger partial charge on any atom is 0.257 e. The quantitative estimate of drug-likeness (QED) is 0.861. The first kappa shape index (κ1) is 14.3. The third-order valence-corrected chi connectivity index (χ3v) is 3.89. The van der Waals surface area contributed by atoms with Gasteiger partial charge in [0.1, 0.15) is 11.6 Å². The van der Waals surface area contributed by atoms with Crippen molar-refractivity contribution in [2.24, 2.45) is 0 Å². The lowest BCUT2D eigenvalue weighted by molar-refractivity contribution is 0.0691. The number of hydrogen-bond acceptors (Lipinski definition) is 2. The second kappa shape index (κ2) is 6.37. The number of aromatic hydroxyl groups is 1. The molecular formula is C14H17BrFNO2. The van der Waals surface area contributed by atoms with E-state index in [1.54, 1.807) is 4.90 Å². The predicted molar refractivity (Wildman–Crippen MR) is 75.2 cm³/mol. The summed E-state index contributed by atoms with van der Waals surface area (Å²) in [5.74, 6) is -1.12. The molecule has 1 N–H and O–H groups in total. The molecule has 1 saturated carbocycles. The second-order valence-corrected chi connectivity index (χ2v) is 5.58. The Balaban J connectivity index is 2.22. The number of alkyl halides is 1. The molecule has 0 saturated heterocycles. The molecule has 104 valence electrons. The Bertz CT molecular complexity index is 461. The summed E-state index contributed by atoms with van der Waals surface area (Å²) in [4.78, 5) is 14.2. The molecule has 1 aliphatic carbocycles. The van der Waals surface area contributed by atoms with Gasteiger partial charge in [-0.2, -0.15) is 0 Å². The van der Waals surface area contributed by atoms with Gasteiger partial charge in [-0.3, -0.25) is 4.79 Å². The van der Waals surface area contributed by atoms with Gasteiger partial charge in [-0.1, -0.05) is 28.8 Å². The zero-order chi connectivity index (χ0) is 13.8. The summed E-state index contributed by atoms with van der Waals surface area (Å²) in [5.41, 5.74) is 0.0330. The zero-order valence-electron chi connectivity index (χ0n) is 10.6. The van der Waals surface area contributed by atoms with E-state index in [2.05, 4.69) is 15.9 Å². The highest BCUT2D eigenvalue weighted by atomic mass is 79.9. The number of benzene rings is 1. The molecule has 3 nitrogen and oxygen atoms in total. The number of rotatable bonds is 4. The molecule has 0 heterocycles. The molecule has 0 aromatic heterocycles. The smallest absolute Gasteiger partial charge is 0.257 e. The first-order chi connectivity index (χ1) is 9.13. The average Bonchev–Trinajstić information content (AvgIpc) is 2.89. The largest absolute Gasteiger partial charge is 0.508 e. The highest BCUT2D eigenvalue weighted by Crippen LogP contribution is 2.26. The van der Waals surface area contributed by atoms with Crippen LogP contribution in [0.5, 0.6) is 5.75 Å². The van der Waals surface area contributed by atoms with Crippen molar-refractivity contribution in [1.29, 1.82) is 0 Å². The molecule has 1 aromatic rings. The summed E-state index contributed by atoms with van der Waals surface area (Å²) in [6.07, 6.45) is 4.21. The monoisotopic (exact) mass is 329 g/mol. The number of phenolic OH excluding ortho intramolecular Hbond substituents is 1. The van der Waals surface area contributed by atoms with Crippen molar-refractivity contribution >= 4 is 21.8 Å². The molecule has 1 aromatic carbocycles. The number of halogens is 2. The van der Waals surface area contributed by atoms with Crippen LogP contribution in [0.3, 0.4) is 0 Å². The van der Waals surface area contributed by atoms with Crippen LogP contribution in [-0.2, 0) is 0 Å². The molecule has 0 unspecified atom stereocenters. The molecule has 0 aliphatic heterocycles. The second-order valence-electron chi connectivity index (χ2n) is 4.79. The maximum atomic E-state index is 13.8. The van der Waals surface area contributed by atoms with E-state index in [0.29, 0.717) is 11.9 Å². The zero-order valence-corrected chi connectivity index (χ0v) is 12.2. The molecule has 5 heteroatoms. The van der Waals surface area contributed by atoms with E-state index in [9.17, 15) is 14.3 Å². The van der Waals surface area contributed by atoms with Crippen molar-refractivity contribution in [1.82, 2.24) is 4.90 Å². The third-order valence-electron chi connectivity index (χ3n) is 3.53. The van der Waals surface area contributed by atoms with Gasteiger partial charge < -0.3 is 10.0 Å². The van der Waals surface area contributed by atoms with Crippen LogP contribution < -0.4 is 0 Å². The lowest BCUT2D eigenvalue weighted by Gasteiger charge is -2.28. The molecule has 0 radical (unpaired) electrons. The minimum Gasteiger partial charge on any atom is -0.508 e. The van der Waals surface area contributed by atoms with Crippen molar-refractivity contribution in [3.63, 3.8) is 0 Å². The fourth-order valence-corrected chi connectivity index (χ4v) is 2.97. The number of nitrogens with zero attached hydrogens (tertiary/aromatic N) is 1. The van der Waals surface area contributed by atoms with E-state index in [1.807, 2.05) is 0 Å². The van der Waals surface area contributed by atoms with E-state index in [4.69, 9.17) is 0 Å². The molecule has 0 spiro atoms. The number of hydrogen-bond donors (Lipinski definition) is 1. The van der Waals surface area contributed by atoms with Gasteiger partial charge in [0, 0.05) is 24.0 Å². The Morgan fingerprint density at radius 1 is 1.42 bits per heavy atom. The molecule has 1 aliphatic rings. The van der Waals surface area contributed by atoms with Gasteiger partial charge in [0.25, 0.3) is 5.91 Å². The van der Waals surface area contributed by atoms with Gasteiger partial charge in [0.2, 0.25) is 0 Å². The van der Waals surface area contributed by atoms with Crippen LogP contribution in [-0.4, -0.2) is 33.8 Å². The number of carbonyl (C=O) groups excluding carboxylic acids is 1. The number of amides is 1. The maximum absolute atomic E-state index is 13.8. The molecule has 0 bridgehead atoms. The first-order valence-corrected chi connectivity index (χ1v) is 7.61. The molecule has 0 atom stereocenters. The van der Waals surface area contributed by atoms with Crippen LogP contribution in [0.15, 0.2) is 18.2 Å². The highest BCUT2D eigenvalue weighted by Gasteiger charge is 2.28. The summed E-state index contributed by atoms with van der Waals surface area (Å²) in [7, 11) is 0. The minimum atomic E-state index is -0.664. The van der Waals surface area contributed by atoms with Gasteiger partial charge in [-0.25, -0.2) is 4.39 Å². The Morgan fingerprint density at radius 3 is 2.68 bits per heavy atom. The summed E-state index contributed by atoms with van der Waals surface area (Å²) >= 11 is 3.34. The lowest BCUT2D eigenvalue weighted by Crippen LogP contribution is -2.40. The van der Waals surface area contributed by atoms with Crippen LogP contribution in [0, 0.1) is 5.82 Å². The van der Waals surface area contributed by atoms with Crippen LogP contribution in [0.4, 0.5) is 4.39 Å². The number of phenols is 1. The van der Waals surface area contributed by atoms with E-state index in [-0.39, 0.29) is 23.3 Å². The van der Waals surface area contributed by atoms with Crippen LogP contribution in [0.25, 0.3) is 0 Å². The molecule has 1 fully saturated rings. The van der Waals surface area contributed by atoms with Crippen LogP contribution >= 0.6 is 15.9 Å². The van der Waals surface area contributed by atoms with Crippen molar-refractivity contribution in [2.75, 3.05) is 11.9 Å². The summed E-state index contributed by atoms with van der Waals surface area (Å²) in [5, 5.41) is 9.88. The number of carbonyl (C=O) groups is 1. The lowest BCUT2D eigenvalue weighted by atomic mass is 10.1. The minimum absolute atomic E-state index is 0.0330. The Hall–Kier alpha value is -1.10. The highest BCUT2D eigenvalue weighted by molar-refractivity contribution is 9.09. The van der Waals surface area contributed by atoms with E-state index in [0.717, 1.165) is 31.7 Å². The summed E-state index contributed by atoms with van der Waals surface area (Å²) in [6.45, 7) is 0.573. The van der Waals surface area contributed by atoms with E-state index < -0.39 is 5.82 Å². The van der Waals surface area contributed by atoms with Gasteiger partial charge in [0.15, 0.2) is 0 Å². The molecule has 1 amide bonds. The van der Waals surface area contributed by atoms with Crippen molar-refractivity contribution in [3.05, 3.63) is 29.6 Å². The third kappa shape index (κ3) is 3.26. The average molecular weight is 330 g/mol. The topological polar surface area (TPSA) is 40.5 Å². The van der Waals surface area contributed by atoms with Gasteiger partial charge in [-0.15, -0.1) is 0 Å². The molecule has 19 heavy (non-hydrogen) atoms. The van der Waals surface area contributed by atoms with Crippen LogP contribution in [0.2, 0.25) is 0 Å². The van der Waals surface area contributed by atoms with Gasteiger partial charge in [0.05, 0.1) is 5.56 Å². The van der Waals surface area contributed by atoms with Crippen LogP contribution in [0.1, 0.15) is 36.0 Å². The summed E-state index contributed by atoms with van der Waals surface area (Å²) in [6, 6.07) is 3.88. The Morgan fingerprint density at radius 2 is 2.11 bits per heavy atom. The molecule has 2 rings (SSSR count). The van der Waals surface area contributed by atoms with Gasteiger partial charge >= 0.3 is 0 Å². The van der Waals surface area contributed by atoms with Crippen molar-refractivity contribution in [2.45, 2.75) is 31.7 Å². The SMILES string of the molecule is O=C(c1ccc(O)cc1F)N(CCBr)C1CCCC1. The fraction of sp³-hybridized carbons (Fsp3) is 0.500. The summed E-state index contributed by atoms with van der Waals surface area (Å²) < 4.78 is 13.8.